The molecule has 1 aromatic carbocycles. The number of halogens is 2. The molecule has 1 fully saturated rings. The number of likely N-dealkylation sites (tertiary alicyclic amines) is 1. The molecule has 1 saturated heterocycles. The predicted molar refractivity (Wildman–Crippen MR) is 99.7 cm³/mol. The van der Waals surface area contributed by atoms with Crippen LogP contribution in [0.2, 0.25) is 5.02 Å². The molecule has 1 unspecified atom stereocenters. The molecule has 1 N–H and O–H groups in total. The number of hydrogen-bond acceptors (Lipinski definition) is 5. The van der Waals surface area contributed by atoms with Crippen molar-refractivity contribution in [2.75, 3.05) is 37.4 Å². The van der Waals surface area contributed by atoms with Gasteiger partial charge in [-0.25, -0.2) is 9.37 Å². The Hall–Kier alpha value is -1.92. The minimum absolute atomic E-state index is 0.167. The Kier molecular flexibility index (Phi) is 5.71. The van der Waals surface area contributed by atoms with E-state index in [4.69, 9.17) is 11.6 Å². The Bertz CT molecular complexity index is 724. The van der Waals surface area contributed by atoms with Gasteiger partial charge in [-0.1, -0.05) is 17.7 Å². The molecule has 0 radical (unpaired) electrons. The minimum Gasteiger partial charge on any atom is -0.363 e. The molecule has 1 atom stereocenters. The lowest BCUT2D eigenvalue weighted by molar-refractivity contribution is 0.208. The van der Waals surface area contributed by atoms with Crippen molar-refractivity contribution in [3.05, 3.63) is 46.9 Å². The van der Waals surface area contributed by atoms with E-state index in [2.05, 4.69) is 20.2 Å². The molecule has 0 spiro atoms. The van der Waals surface area contributed by atoms with E-state index >= 15 is 0 Å². The van der Waals surface area contributed by atoms with Gasteiger partial charge in [-0.05, 0) is 43.1 Å². The van der Waals surface area contributed by atoms with Gasteiger partial charge >= 0.3 is 0 Å². The standard InChI is InChI=1S/C18H23ClFN5/c1-24(2)17-7-8-21-18(23-17)22-14-4-3-9-25(12-14)11-13-5-6-15(19)16(20)10-13/h5-8,10,14H,3-4,9,11-12H2,1-2H3,(H,21,22,23). The van der Waals surface area contributed by atoms with Gasteiger partial charge in [0.15, 0.2) is 0 Å². The summed E-state index contributed by atoms with van der Waals surface area (Å²) in [5, 5.41) is 3.59. The maximum atomic E-state index is 13.6. The maximum absolute atomic E-state index is 13.6. The number of anilines is 2. The average Bonchev–Trinajstić information content (AvgIpc) is 2.59. The first-order valence-corrected chi connectivity index (χ1v) is 8.82. The topological polar surface area (TPSA) is 44.3 Å². The average molecular weight is 364 g/mol. The van der Waals surface area contributed by atoms with E-state index in [1.165, 1.54) is 6.07 Å². The summed E-state index contributed by atoms with van der Waals surface area (Å²) in [6, 6.07) is 7.18. The van der Waals surface area contributed by atoms with Crippen LogP contribution in [-0.2, 0) is 6.54 Å². The molecule has 25 heavy (non-hydrogen) atoms. The van der Waals surface area contributed by atoms with Crippen LogP contribution in [0.15, 0.2) is 30.5 Å². The number of benzene rings is 1. The highest BCUT2D eigenvalue weighted by Gasteiger charge is 2.21. The van der Waals surface area contributed by atoms with Crippen LogP contribution < -0.4 is 10.2 Å². The fraction of sp³-hybridized carbons (Fsp3) is 0.444. The maximum Gasteiger partial charge on any atom is 0.224 e. The summed E-state index contributed by atoms with van der Waals surface area (Å²) in [5.41, 5.74) is 0.938. The summed E-state index contributed by atoms with van der Waals surface area (Å²) >= 11 is 5.76. The molecular formula is C18H23ClFN5. The fourth-order valence-corrected chi connectivity index (χ4v) is 3.18. The lowest BCUT2D eigenvalue weighted by Crippen LogP contribution is -2.42. The van der Waals surface area contributed by atoms with Crippen LogP contribution in [0.1, 0.15) is 18.4 Å². The molecule has 0 amide bonds. The van der Waals surface area contributed by atoms with Crippen LogP contribution in [-0.4, -0.2) is 48.1 Å². The Morgan fingerprint density at radius 3 is 2.96 bits per heavy atom. The normalized spacial score (nSPS) is 18.2. The lowest BCUT2D eigenvalue weighted by Gasteiger charge is -2.33. The number of nitrogens with one attached hydrogen (secondary N) is 1. The summed E-state index contributed by atoms with van der Waals surface area (Å²) in [4.78, 5) is 13.1. The second-order valence-corrected chi connectivity index (χ2v) is 7.01. The number of nitrogens with zero attached hydrogens (tertiary/aromatic N) is 4. The molecule has 0 saturated carbocycles. The van der Waals surface area contributed by atoms with Crippen molar-refractivity contribution < 1.29 is 4.39 Å². The monoisotopic (exact) mass is 363 g/mol. The predicted octanol–water partition coefficient (Wildman–Crippen LogP) is 3.41. The molecule has 1 aliphatic rings. The van der Waals surface area contributed by atoms with Crippen molar-refractivity contribution >= 4 is 23.4 Å². The summed E-state index contributed by atoms with van der Waals surface area (Å²) in [7, 11) is 3.92. The smallest absolute Gasteiger partial charge is 0.224 e. The molecule has 134 valence electrons. The van der Waals surface area contributed by atoms with E-state index in [0.717, 1.165) is 37.3 Å². The summed E-state index contributed by atoms with van der Waals surface area (Å²) in [5.74, 6) is 1.16. The second kappa shape index (κ2) is 7.97. The van der Waals surface area contributed by atoms with Gasteiger partial charge in [0, 0.05) is 39.4 Å². The van der Waals surface area contributed by atoms with Gasteiger partial charge in [-0.3, -0.25) is 4.90 Å². The fourth-order valence-electron chi connectivity index (χ4n) is 3.06. The van der Waals surface area contributed by atoms with Crippen LogP contribution in [0.3, 0.4) is 0 Å². The first-order chi connectivity index (χ1) is 12.0. The highest BCUT2D eigenvalue weighted by atomic mass is 35.5. The first kappa shape index (κ1) is 17.9. The molecule has 2 aromatic rings. The van der Waals surface area contributed by atoms with Gasteiger partial charge in [0.05, 0.1) is 5.02 Å². The molecule has 2 heterocycles. The summed E-state index contributed by atoms with van der Waals surface area (Å²) in [6.45, 7) is 2.59. The molecule has 1 aliphatic heterocycles. The third-order valence-corrected chi connectivity index (χ3v) is 4.63. The van der Waals surface area contributed by atoms with Crippen LogP contribution in [0.4, 0.5) is 16.2 Å². The molecular weight excluding hydrogens is 341 g/mol. The highest BCUT2D eigenvalue weighted by Crippen LogP contribution is 2.20. The van der Waals surface area contributed by atoms with Gasteiger partial charge in [0.1, 0.15) is 11.6 Å². The third kappa shape index (κ3) is 4.80. The first-order valence-electron chi connectivity index (χ1n) is 8.44. The number of piperidine rings is 1. The zero-order chi connectivity index (χ0) is 17.8. The molecule has 5 nitrogen and oxygen atoms in total. The Labute approximate surface area is 152 Å². The minimum atomic E-state index is -0.361. The highest BCUT2D eigenvalue weighted by molar-refractivity contribution is 6.30. The van der Waals surface area contributed by atoms with Crippen molar-refractivity contribution in [2.24, 2.45) is 0 Å². The van der Waals surface area contributed by atoms with E-state index in [1.54, 1.807) is 12.3 Å². The lowest BCUT2D eigenvalue weighted by atomic mass is 10.0. The van der Waals surface area contributed by atoms with E-state index in [-0.39, 0.29) is 16.9 Å². The third-order valence-electron chi connectivity index (χ3n) is 4.33. The van der Waals surface area contributed by atoms with Gasteiger partial charge < -0.3 is 10.2 Å². The van der Waals surface area contributed by atoms with Gasteiger partial charge in [-0.2, -0.15) is 4.98 Å². The van der Waals surface area contributed by atoms with Crippen molar-refractivity contribution in [3.8, 4) is 0 Å². The molecule has 1 aromatic heterocycles. The molecule has 3 rings (SSSR count). The van der Waals surface area contributed by atoms with E-state index in [9.17, 15) is 4.39 Å². The van der Waals surface area contributed by atoms with Crippen LogP contribution in [0.25, 0.3) is 0 Å². The number of rotatable bonds is 5. The Balaban J connectivity index is 1.61. The zero-order valence-corrected chi connectivity index (χ0v) is 15.3. The van der Waals surface area contributed by atoms with Crippen LogP contribution in [0, 0.1) is 5.82 Å². The largest absolute Gasteiger partial charge is 0.363 e. The van der Waals surface area contributed by atoms with Crippen molar-refractivity contribution in [1.29, 1.82) is 0 Å². The number of hydrogen-bond donors (Lipinski definition) is 1. The number of aromatic nitrogens is 2. The van der Waals surface area contributed by atoms with Crippen molar-refractivity contribution in [2.45, 2.75) is 25.4 Å². The van der Waals surface area contributed by atoms with E-state index in [0.29, 0.717) is 12.5 Å². The Morgan fingerprint density at radius 2 is 2.20 bits per heavy atom. The van der Waals surface area contributed by atoms with E-state index < -0.39 is 0 Å². The van der Waals surface area contributed by atoms with Crippen LogP contribution in [0.5, 0.6) is 0 Å². The summed E-state index contributed by atoms with van der Waals surface area (Å²) in [6.07, 6.45) is 3.92. The Morgan fingerprint density at radius 1 is 1.36 bits per heavy atom. The van der Waals surface area contributed by atoms with E-state index in [1.807, 2.05) is 31.1 Å². The van der Waals surface area contributed by atoms with Crippen LogP contribution >= 0.6 is 11.6 Å². The van der Waals surface area contributed by atoms with Crippen molar-refractivity contribution in [1.82, 2.24) is 14.9 Å². The molecule has 0 aliphatic carbocycles. The zero-order valence-electron chi connectivity index (χ0n) is 14.5. The summed E-state index contributed by atoms with van der Waals surface area (Å²) < 4.78 is 13.6. The second-order valence-electron chi connectivity index (χ2n) is 6.60. The molecule has 7 heteroatoms. The van der Waals surface area contributed by atoms with Crippen molar-refractivity contribution in [3.63, 3.8) is 0 Å². The van der Waals surface area contributed by atoms with Gasteiger partial charge in [-0.15, -0.1) is 0 Å². The van der Waals surface area contributed by atoms with Gasteiger partial charge in [0.2, 0.25) is 5.95 Å². The molecule has 0 bridgehead atoms. The SMILES string of the molecule is CN(C)c1ccnc(NC2CCCN(Cc3ccc(Cl)c(F)c3)C2)n1. The quantitative estimate of drug-likeness (QED) is 0.881. The van der Waals surface area contributed by atoms with Gasteiger partial charge in [0.25, 0.3) is 0 Å².